The monoisotopic (exact) mass is 249 g/mol. The van der Waals surface area contributed by atoms with E-state index in [0.717, 1.165) is 0 Å². The van der Waals surface area contributed by atoms with Crippen LogP contribution in [0.3, 0.4) is 0 Å². The molecule has 1 N–H and O–H groups in total. The van der Waals surface area contributed by atoms with Gasteiger partial charge in [-0.1, -0.05) is 0 Å². The second-order valence-electron chi connectivity index (χ2n) is 2.37. The Hall–Kier alpha value is -0.680. The fourth-order valence-corrected chi connectivity index (χ4v) is 1.04. The molecule has 0 spiro atoms. The quantitative estimate of drug-likeness (QED) is 0.827. The number of ether oxygens (including phenoxy) is 1. The van der Waals surface area contributed by atoms with E-state index in [2.05, 4.69) is 20.9 Å². The Morgan fingerprint density at radius 3 is 3.00 bits per heavy atom. The second-order valence-corrected chi connectivity index (χ2v) is 3.28. The number of hydrogen-bond acceptors (Lipinski definition) is 3. The lowest BCUT2D eigenvalue weighted by Crippen LogP contribution is -2.02. The first kappa shape index (κ1) is 10.4. The van der Waals surface area contributed by atoms with Gasteiger partial charge in [0, 0.05) is 23.7 Å². The predicted octanol–water partition coefficient (Wildman–Crippen LogP) is 1.74. The largest absolute Gasteiger partial charge is 0.476 e. The van der Waals surface area contributed by atoms with E-state index in [1.807, 2.05) is 0 Å². The first-order valence-corrected chi connectivity index (χ1v) is 4.58. The summed E-state index contributed by atoms with van der Waals surface area (Å²) in [5.74, 6) is -0.538. The van der Waals surface area contributed by atoms with Crippen molar-refractivity contribution in [3.05, 3.63) is 22.6 Å². The molecule has 0 bridgehead atoms. The van der Waals surface area contributed by atoms with Crippen LogP contribution in [0.25, 0.3) is 0 Å². The molecule has 13 heavy (non-hydrogen) atoms. The van der Waals surface area contributed by atoms with Crippen molar-refractivity contribution < 1.29 is 14.2 Å². The fourth-order valence-electron chi connectivity index (χ4n) is 0.742. The van der Waals surface area contributed by atoms with Crippen molar-refractivity contribution in [1.82, 2.24) is 4.98 Å². The minimum Gasteiger partial charge on any atom is -0.476 e. The summed E-state index contributed by atoms with van der Waals surface area (Å²) in [6, 6.07) is 1.28. The zero-order valence-corrected chi connectivity index (χ0v) is 8.42. The van der Waals surface area contributed by atoms with Crippen LogP contribution < -0.4 is 4.74 Å². The molecule has 0 atom stereocenters. The molecular weight excluding hydrogens is 241 g/mol. The van der Waals surface area contributed by atoms with Gasteiger partial charge < -0.3 is 9.84 Å². The Bertz CT molecular complexity index is 283. The van der Waals surface area contributed by atoms with E-state index >= 15 is 0 Å². The highest BCUT2D eigenvalue weighted by atomic mass is 79.9. The fraction of sp³-hybridized carbons (Fsp3) is 0.375. The molecule has 0 aromatic carbocycles. The molecule has 0 saturated heterocycles. The van der Waals surface area contributed by atoms with Crippen LogP contribution in [0.2, 0.25) is 0 Å². The summed E-state index contributed by atoms with van der Waals surface area (Å²) in [6.07, 6.45) is 1.93. The van der Waals surface area contributed by atoms with Gasteiger partial charge in [0.15, 0.2) is 5.82 Å². The second kappa shape index (κ2) is 5.14. The van der Waals surface area contributed by atoms with Crippen LogP contribution in [0.15, 0.2) is 16.7 Å². The van der Waals surface area contributed by atoms with E-state index in [0.29, 0.717) is 10.9 Å². The molecule has 1 aromatic rings. The van der Waals surface area contributed by atoms with E-state index in [9.17, 15) is 4.39 Å². The number of nitrogens with zero attached hydrogens (tertiary/aromatic N) is 1. The van der Waals surface area contributed by atoms with Gasteiger partial charge in [-0.2, -0.15) is 0 Å². The molecule has 5 heteroatoms. The van der Waals surface area contributed by atoms with Gasteiger partial charge in [-0.15, -0.1) is 0 Å². The maximum absolute atomic E-state index is 13.0. The molecule has 1 heterocycles. The summed E-state index contributed by atoms with van der Waals surface area (Å²) in [7, 11) is 0. The number of aliphatic hydroxyl groups excluding tert-OH is 1. The van der Waals surface area contributed by atoms with Gasteiger partial charge in [0.1, 0.15) is 0 Å². The molecule has 0 aliphatic heterocycles. The molecule has 0 fully saturated rings. The lowest BCUT2D eigenvalue weighted by atomic mass is 10.4. The maximum atomic E-state index is 13.0. The topological polar surface area (TPSA) is 42.4 Å². The zero-order chi connectivity index (χ0) is 9.68. The van der Waals surface area contributed by atoms with E-state index in [1.54, 1.807) is 0 Å². The summed E-state index contributed by atoms with van der Waals surface area (Å²) in [4.78, 5) is 3.72. The van der Waals surface area contributed by atoms with Gasteiger partial charge in [0.25, 0.3) is 0 Å². The Balaban J connectivity index is 2.56. The maximum Gasteiger partial charge on any atom is 0.250 e. The summed E-state index contributed by atoms with van der Waals surface area (Å²) in [6.45, 7) is 0.292. The molecule has 0 radical (unpaired) electrons. The molecular formula is C8H9BrFNO2. The summed E-state index contributed by atoms with van der Waals surface area (Å²) < 4.78 is 18.5. The van der Waals surface area contributed by atoms with Crippen molar-refractivity contribution in [3.63, 3.8) is 0 Å². The number of aromatic nitrogens is 1. The normalized spacial score (nSPS) is 10.1. The van der Waals surface area contributed by atoms with Gasteiger partial charge in [-0.3, -0.25) is 0 Å². The number of hydrogen-bond donors (Lipinski definition) is 1. The van der Waals surface area contributed by atoms with E-state index < -0.39 is 5.82 Å². The van der Waals surface area contributed by atoms with E-state index in [1.165, 1.54) is 12.3 Å². The third-order valence-corrected chi connectivity index (χ3v) is 1.75. The first-order chi connectivity index (χ1) is 6.24. The smallest absolute Gasteiger partial charge is 0.250 e. The van der Waals surface area contributed by atoms with Gasteiger partial charge in [-0.05, 0) is 22.0 Å². The van der Waals surface area contributed by atoms with Crippen molar-refractivity contribution in [2.45, 2.75) is 6.42 Å². The summed E-state index contributed by atoms with van der Waals surface area (Å²) in [5.41, 5.74) is 0. The number of rotatable bonds is 4. The minimum absolute atomic E-state index is 0.0259. The Morgan fingerprint density at radius 1 is 1.62 bits per heavy atom. The number of halogens is 2. The molecule has 3 nitrogen and oxygen atoms in total. The Labute approximate surface area is 83.7 Å². The average Bonchev–Trinajstić information content (AvgIpc) is 2.09. The summed E-state index contributed by atoms with van der Waals surface area (Å²) in [5, 5.41) is 8.46. The van der Waals surface area contributed by atoms with Crippen LogP contribution in [-0.2, 0) is 0 Å². The predicted molar refractivity (Wildman–Crippen MR) is 49.1 cm³/mol. The highest BCUT2D eigenvalue weighted by Crippen LogP contribution is 2.17. The Kier molecular flexibility index (Phi) is 4.11. The third-order valence-electron chi connectivity index (χ3n) is 1.32. The van der Waals surface area contributed by atoms with E-state index in [-0.39, 0.29) is 19.1 Å². The number of aliphatic hydroxyl groups is 1. The molecule has 72 valence electrons. The van der Waals surface area contributed by atoms with Crippen molar-refractivity contribution in [1.29, 1.82) is 0 Å². The van der Waals surface area contributed by atoms with Gasteiger partial charge in [0.2, 0.25) is 5.88 Å². The molecule has 1 aromatic heterocycles. The Morgan fingerprint density at radius 2 is 2.38 bits per heavy atom. The molecule has 0 saturated carbocycles. The van der Waals surface area contributed by atoms with Gasteiger partial charge in [0.05, 0.1) is 6.61 Å². The lowest BCUT2D eigenvalue weighted by Gasteiger charge is -2.04. The van der Waals surface area contributed by atoms with Crippen molar-refractivity contribution in [2.75, 3.05) is 13.2 Å². The first-order valence-electron chi connectivity index (χ1n) is 3.78. The lowest BCUT2D eigenvalue weighted by molar-refractivity contribution is 0.223. The van der Waals surface area contributed by atoms with Crippen LogP contribution in [0.5, 0.6) is 5.88 Å². The molecule has 0 aliphatic carbocycles. The molecule has 0 aliphatic rings. The number of pyridine rings is 1. The van der Waals surface area contributed by atoms with Crippen LogP contribution in [-0.4, -0.2) is 23.3 Å². The molecule has 0 amide bonds. The van der Waals surface area contributed by atoms with Crippen molar-refractivity contribution >= 4 is 15.9 Å². The SMILES string of the molecule is OCCCOc1ncc(Br)cc1F. The van der Waals surface area contributed by atoms with Crippen molar-refractivity contribution in [3.8, 4) is 5.88 Å². The van der Waals surface area contributed by atoms with Crippen LogP contribution in [0.1, 0.15) is 6.42 Å². The van der Waals surface area contributed by atoms with Crippen LogP contribution in [0.4, 0.5) is 4.39 Å². The van der Waals surface area contributed by atoms with Crippen molar-refractivity contribution in [2.24, 2.45) is 0 Å². The molecule has 1 rings (SSSR count). The van der Waals surface area contributed by atoms with E-state index in [4.69, 9.17) is 9.84 Å². The standard InChI is InChI=1S/C8H9BrFNO2/c9-6-4-7(10)8(11-5-6)13-3-1-2-12/h4-5,12H,1-3H2. The molecule has 0 unspecified atom stereocenters. The third kappa shape index (κ3) is 3.28. The zero-order valence-electron chi connectivity index (χ0n) is 6.83. The highest BCUT2D eigenvalue weighted by Gasteiger charge is 2.04. The average molecular weight is 250 g/mol. The highest BCUT2D eigenvalue weighted by molar-refractivity contribution is 9.10. The van der Waals surface area contributed by atoms with Crippen LogP contribution in [0, 0.1) is 5.82 Å². The minimum atomic E-state index is -0.507. The van der Waals surface area contributed by atoms with Gasteiger partial charge in [-0.25, -0.2) is 9.37 Å². The van der Waals surface area contributed by atoms with Gasteiger partial charge >= 0.3 is 0 Å². The van der Waals surface area contributed by atoms with Crippen LogP contribution >= 0.6 is 15.9 Å². The summed E-state index contributed by atoms with van der Waals surface area (Å²) >= 11 is 3.08.